The van der Waals surface area contributed by atoms with Gasteiger partial charge in [0, 0.05) is 5.92 Å². The first kappa shape index (κ1) is 13.1. The number of fused-ring (bicyclic) bond motifs is 1. The van der Waals surface area contributed by atoms with Crippen LogP contribution in [0.15, 0.2) is 12.2 Å². The number of aliphatic hydroxyl groups is 2. The van der Waals surface area contributed by atoms with E-state index in [0.717, 1.165) is 32.1 Å². The first-order valence-corrected chi connectivity index (χ1v) is 6.86. The Balaban J connectivity index is 2.29. The molecular weight excluding hydrogens is 212 g/mol. The fourth-order valence-electron chi connectivity index (χ4n) is 3.97. The minimum Gasteiger partial charge on any atom is -0.393 e. The lowest BCUT2D eigenvalue weighted by Crippen LogP contribution is -2.61. The van der Waals surface area contributed by atoms with Crippen LogP contribution in [0.2, 0.25) is 0 Å². The minimum atomic E-state index is -0.716. The molecule has 0 amide bonds. The van der Waals surface area contributed by atoms with Crippen LogP contribution in [-0.2, 0) is 0 Å². The molecule has 0 bridgehead atoms. The zero-order valence-corrected chi connectivity index (χ0v) is 11.4. The van der Waals surface area contributed by atoms with Crippen molar-refractivity contribution in [1.82, 2.24) is 0 Å². The monoisotopic (exact) mass is 238 g/mol. The number of hydrogen-bond donors (Lipinski definition) is 2. The largest absolute Gasteiger partial charge is 0.393 e. The molecule has 0 aromatic heterocycles. The smallest absolute Gasteiger partial charge is 0.0756 e. The zero-order valence-electron chi connectivity index (χ0n) is 11.4. The lowest BCUT2D eigenvalue weighted by molar-refractivity contribution is -0.203. The van der Waals surface area contributed by atoms with E-state index < -0.39 is 5.60 Å². The molecule has 2 nitrogen and oxygen atoms in total. The highest BCUT2D eigenvalue weighted by Crippen LogP contribution is 2.57. The number of rotatable bonds is 1. The van der Waals surface area contributed by atoms with Gasteiger partial charge >= 0.3 is 0 Å². The standard InChI is InChI=1S/C15H26O2/c1-10(2)12-5-7-14(4)8-6-13(16)11(3)15(14,17)9-12/h11-13,16-17H,1,5-9H2,2-4H3/t11-,12+,13-,14+,15+/m1/s1. The third-order valence-corrected chi connectivity index (χ3v) is 5.67. The van der Waals surface area contributed by atoms with E-state index in [-0.39, 0.29) is 17.4 Å². The molecule has 0 spiro atoms. The SMILES string of the molecule is C=C(C)[C@H]1CC[C@@]2(C)CC[C@@H](O)[C@@H](C)[C@@]2(O)C1. The molecule has 5 atom stereocenters. The van der Waals surface area contributed by atoms with E-state index >= 15 is 0 Å². The van der Waals surface area contributed by atoms with Crippen molar-refractivity contribution in [2.45, 2.75) is 64.6 Å². The van der Waals surface area contributed by atoms with Crippen LogP contribution in [0.25, 0.3) is 0 Å². The van der Waals surface area contributed by atoms with Crippen molar-refractivity contribution in [1.29, 1.82) is 0 Å². The van der Waals surface area contributed by atoms with E-state index in [0.29, 0.717) is 5.92 Å². The maximum Gasteiger partial charge on any atom is 0.0756 e. The van der Waals surface area contributed by atoms with Gasteiger partial charge in [-0.1, -0.05) is 26.0 Å². The highest BCUT2D eigenvalue weighted by molar-refractivity contribution is 5.12. The summed E-state index contributed by atoms with van der Waals surface area (Å²) in [5, 5.41) is 21.1. The van der Waals surface area contributed by atoms with Crippen molar-refractivity contribution < 1.29 is 10.2 Å². The van der Waals surface area contributed by atoms with Crippen molar-refractivity contribution in [3.63, 3.8) is 0 Å². The molecule has 2 saturated carbocycles. The van der Waals surface area contributed by atoms with Crippen LogP contribution in [0, 0.1) is 17.3 Å². The van der Waals surface area contributed by atoms with Crippen molar-refractivity contribution in [2.75, 3.05) is 0 Å². The number of allylic oxidation sites excluding steroid dienone is 1. The first-order valence-electron chi connectivity index (χ1n) is 6.86. The molecule has 17 heavy (non-hydrogen) atoms. The van der Waals surface area contributed by atoms with Gasteiger partial charge in [-0.3, -0.25) is 0 Å². The van der Waals surface area contributed by atoms with E-state index in [1.165, 1.54) is 5.57 Å². The fourth-order valence-corrected chi connectivity index (χ4v) is 3.97. The number of hydrogen-bond acceptors (Lipinski definition) is 2. The number of aliphatic hydroxyl groups excluding tert-OH is 1. The molecule has 0 radical (unpaired) electrons. The second-order valence-corrected chi connectivity index (χ2v) is 6.67. The third kappa shape index (κ3) is 1.86. The molecule has 2 N–H and O–H groups in total. The van der Waals surface area contributed by atoms with Crippen LogP contribution < -0.4 is 0 Å². The van der Waals surface area contributed by atoms with E-state index in [4.69, 9.17) is 0 Å². The summed E-state index contributed by atoms with van der Waals surface area (Å²) in [5.74, 6) is 0.393. The lowest BCUT2D eigenvalue weighted by Gasteiger charge is -2.58. The van der Waals surface area contributed by atoms with Gasteiger partial charge in [0.15, 0.2) is 0 Å². The van der Waals surface area contributed by atoms with Crippen LogP contribution in [0.3, 0.4) is 0 Å². The molecule has 2 heteroatoms. The summed E-state index contributed by atoms with van der Waals surface area (Å²) in [7, 11) is 0. The molecule has 0 aromatic carbocycles. The van der Waals surface area contributed by atoms with E-state index in [1.54, 1.807) is 0 Å². The van der Waals surface area contributed by atoms with E-state index in [2.05, 4.69) is 20.4 Å². The highest BCUT2D eigenvalue weighted by atomic mass is 16.3. The second kappa shape index (κ2) is 4.10. The Morgan fingerprint density at radius 2 is 1.88 bits per heavy atom. The summed E-state index contributed by atoms with van der Waals surface area (Å²) in [4.78, 5) is 0. The molecule has 2 aliphatic rings. The topological polar surface area (TPSA) is 40.5 Å². The van der Waals surface area contributed by atoms with Gasteiger partial charge in [-0.15, -0.1) is 0 Å². The normalized spacial score (nSPS) is 50.8. The molecule has 98 valence electrons. The van der Waals surface area contributed by atoms with E-state index in [9.17, 15) is 10.2 Å². The van der Waals surface area contributed by atoms with Crippen molar-refractivity contribution in [3.8, 4) is 0 Å². The Morgan fingerprint density at radius 3 is 2.47 bits per heavy atom. The summed E-state index contributed by atoms with van der Waals surface area (Å²) >= 11 is 0. The second-order valence-electron chi connectivity index (χ2n) is 6.67. The third-order valence-electron chi connectivity index (χ3n) is 5.67. The van der Waals surface area contributed by atoms with Gasteiger partial charge in [0.25, 0.3) is 0 Å². The van der Waals surface area contributed by atoms with Gasteiger partial charge in [-0.05, 0) is 50.4 Å². The Labute approximate surface area is 105 Å². The molecule has 0 aliphatic heterocycles. The summed E-state index contributed by atoms with van der Waals surface area (Å²) in [6, 6.07) is 0. The molecule has 2 fully saturated rings. The van der Waals surface area contributed by atoms with Gasteiger partial charge in [0.2, 0.25) is 0 Å². The Bertz CT molecular complexity index is 325. The minimum absolute atomic E-state index is 0.0163. The summed E-state index contributed by atoms with van der Waals surface area (Å²) in [6.07, 6.45) is 4.39. The van der Waals surface area contributed by atoms with Gasteiger partial charge in [-0.25, -0.2) is 0 Å². The highest BCUT2D eigenvalue weighted by Gasteiger charge is 2.57. The maximum atomic E-state index is 11.1. The van der Waals surface area contributed by atoms with Gasteiger partial charge in [0.05, 0.1) is 11.7 Å². The van der Waals surface area contributed by atoms with Crippen LogP contribution in [0.1, 0.15) is 52.9 Å². The average molecular weight is 238 g/mol. The summed E-state index contributed by atoms with van der Waals surface area (Å²) in [6.45, 7) is 10.3. The quantitative estimate of drug-likeness (QED) is 0.690. The predicted octanol–water partition coefficient (Wildman–Crippen LogP) is 2.89. The average Bonchev–Trinajstić information content (AvgIpc) is 2.27. The maximum absolute atomic E-state index is 11.1. The van der Waals surface area contributed by atoms with Crippen molar-refractivity contribution in [3.05, 3.63) is 12.2 Å². The van der Waals surface area contributed by atoms with Gasteiger partial charge in [-0.2, -0.15) is 0 Å². The summed E-state index contributed by atoms with van der Waals surface area (Å²) in [5.41, 5.74) is 0.442. The lowest BCUT2D eigenvalue weighted by atomic mass is 9.51. The predicted molar refractivity (Wildman–Crippen MR) is 69.6 cm³/mol. The molecule has 0 unspecified atom stereocenters. The Hall–Kier alpha value is -0.340. The van der Waals surface area contributed by atoms with Crippen LogP contribution in [-0.4, -0.2) is 21.9 Å². The Kier molecular flexibility index (Phi) is 3.16. The van der Waals surface area contributed by atoms with Crippen molar-refractivity contribution >= 4 is 0 Å². The van der Waals surface area contributed by atoms with Gasteiger partial charge < -0.3 is 10.2 Å². The van der Waals surface area contributed by atoms with Crippen LogP contribution in [0.5, 0.6) is 0 Å². The van der Waals surface area contributed by atoms with Crippen LogP contribution >= 0.6 is 0 Å². The fraction of sp³-hybridized carbons (Fsp3) is 0.867. The summed E-state index contributed by atoms with van der Waals surface area (Å²) < 4.78 is 0. The zero-order chi connectivity index (χ0) is 12.8. The first-order chi connectivity index (χ1) is 7.80. The van der Waals surface area contributed by atoms with Gasteiger partial charge in [0.1, 0.15) is 0 Å². The molecular formula is C15H26O2. The molecule has 0 saturated heterocycles. The molecule has 2 rings (SSSR count). The Morgan fingerprint density at radius 1 is 1.29 bits per heavy atom. The van der Waals surface area contributed by atoms with Crippen LogP contribution in [0.4, 0.5) is 0 Å². The molecule has 0 heterocycles. The van der Waals surface area contributed by atoms with Crippen molar-refractivity contribution in [2.24, 2.45) is 17.3 Å². The van der Waals surface area contributed by atoms with E-state index in [1.807, 2.05) is 6.92 Å². The molecule has 0 aromatic rings. The molecule has 2 aliphatic carbocycles.